The van der Waals surface area contributed by atoms with Gasteiger partial charge in [0.1, 0.15) is 0 Å². The van der Waals surface area contributed by atoms with Crippen LogP contribution in [0.1, 0.15) is 19.3 Å². The summed E-state index contributed by atoms with van der Waals surface area (Å²) in [6, 6.07) is 1.84. The molecule has 0 saturated heterocycles. The van der Waals surface area contributed by atoms with Crippen molar-refractivity contribution in [2.45, 2.75) is 24.4 Å². The molecule has 0 fully saturated rings. The number of aromatic nitrogens is 2. The van der Waals surface area contributed by atoms with E-state index in [9.17, 15) is 0 Å². The molecule has 0 atom stereocenters. The third-order valence-corrected chi connectivity index (χ3v) is 3.07. The summed E-state index contributed by atoms with van der Waals surface area (Å²) < 4.78 is 0. The lowest BCUT2D eigenvalue weighted by Crippen LogP contribution is -1.86. The summed E-state index contributed by atoms with van der Waals surface area (Å²) in [5, 5.41) is 2.00. The van der Waals surface area contributed by atoms with E-state index >= 15 is 0 Å². The minimum absolute atomic E-state index is 0.890. The lowest BCUT2D eigenvalue weighted by Gasteiger charge is -1.98. The van der Waals surface area contributed by atoms with Crippen LogP contribution in [0.3, 0.4) is 0 Å². The van der Waals surface area contributed by atoms with E-state index in [1.165, 1.54) is 19.3 Å². The second-order valence-corrected chi connectivity index (χ2v) is 4.48. The monoisotopic (exact) mass is 260 g/mol. The van der Waals surface area contributed by atoms with Gasteiger partial charge in [-0.1, -0.05) is 34.1 Å². The maximum atomic E-state index is 4.14. The van der Waals surface area contributed by atoms with Crippen molar-refractivity contribution in [2.24, 2.45) is 0 Å². The third kappa shape index (κ3) is 5.26. The first-order valence-electron chi connectivity index (χ1n) is 4.39. The third-order valence-electron chi connectivity index (χ3n) is 1.55. The van der Waals surface area contributed by atoms with Crippen molar-refractivity contribution in [3.8, 4) is 0 Å². The maximum absolute atomic E-state index is 4.14. The van der Waals surface area contributed by atoms with Crippen LogP contribution in [0.25, 0.3) is 0 Å². The molecule has 0 saturated carbocycles. The van der Waals surface area contributed by atoms with Crippen LogP contribution in [0, 0.1) is 0 Å². The molecular weight excluding hydrogens is 248 g/mol. The average molecular weight is 261 g/mol. The lowest BCUT2D eigenvalue weighted by atomic mass is 10.3. The van der Waals surface area contributed by atoms with Gasteiger partial charge in [0.15, 0.2) is 5.16 Å². The maximum Gasteiger partial charge on any atom is 0.187 e. The number of hydrogen-bond acceptors (Lipinski definition) is 3. The van der Waals surface area contributed by atoms with Crippen LogP contribution >= 0.6 is 27.7 Å². The van der Waals surface area contributed by atoms with Gasteiger partial charge in [0.2, 0.25) is 0 Å². The number of halogens is 1. The predicted molar refractivity (Wildman–Crippen MR) is 60.4 cm³/mol. The fraction of sp³-hybridized carbons (Fsp3) is 0.556. The summed E-state index contributed by atoms with van der Waals surface area (Å²) in [5.41, 5.74) is 0. The highest BCUT2D eigenvalue weighted by molar-refractivity contribution is 9.09. The highest BCUT2D eigenvalue weighted by Crippen LogP contribution is 2.13. The Morgan fingerprint density at radius 3 is 2.62 bits per heavy atom. The normalized spacial score (nSPS) is 10.2. The Kier molecular flexibility index (Phi) is 6.19. The first kappa shape index (κ1) is 11.0. The topological polar surface area (TPSA) is 25.8 Å². The Morgan fingerprint density at radius 2 is 1.92 bits per heavy atom. The summed E-state index contributed by atoms with van der Waals surface area (Å²) in [4.78, 5) is 8.28. The van der Waals surface area contributed by atoms with Gasteiger partial charge in [-0.05, 0) is 18.9 Å². The quantitative estimate of drug-likeness (QED) is 0.340. The fourth-order valence-electron chi connectivity index (χ4n) is 0.897. The Hall–Kier alpha value is -0.0900. The molecule has 0 unspecified atom stereocenters. The van der Waals surface area contributed by atoms with Crippen molar-refractivity contribution in [1.29, 1.82) is 0 Å². The number of rotatable bonds is 6. The Labute approximate surface area is 91.7 Å². The number of unbranched alkanes of at least 4 members (excludes halogenated alkanes) is 2. The van der Waals surface area contributed by atoms with Gasteiger partial charge in [-0.25, -0.2) is 9.97 Å². The second-order valence-electron chi connectivity index (χ2n) is 2.63. The van der Waals surface area contributed by atoms with E-state index in [0.29, 0.717) is 0 Å². The Morgan fingerprint density at radius 1 is 1.15 bits per heavy atom. The second kappa shape index (κ2) is 7.33. The summed E-state index contributed by atoms with van der Waals surface area (Å²) in [6.45, 7) is 0. The standard InChI is InChI=1S/C9H13BrN2S/c10-5-2-1-3-8-13-9-11-6-4-7-12-9/h4,6-7H,1-3,5,8H2. The molecule has 0 aliphatic carbocycles. The van der Waals surface area contributed by atoms with E-state index in [0.717, 1.165) is 16.2 Å². The van der Waals surface area contributed by atoms with Gasteiger partial charge in [0.05, 0.1) is 0 Å². The predicted octanol–water partition coefficient (Wildman–Crippen LogP) is 3.13. The van der Waals surface area contributed by atoms with Crippen LogP contribution in [-0.2, 0) is 0 Å². The van der Waals surface area contributed by atoms with Gasteiger partial charge in [-0.15, -0.1) is 0 Å². The zero-order chi connectivity index (χ0) is 9.36. The molecular formula is C9H13BrN2S. The first-order valence-corrected chi connectivity index (χ1v) is 6.50. The fourth-order valence-corrected chi connectivity index (χ4v) is 2.10. The van der Waals surface area contributed by atoms with Crippen LogP contribution in [0.4, 0.5) is 0 Å². The minimum Gasteiger partial charge on any atom is -0.231 e. The summed E-state index contributed by atoms with van der Waals surface area (Å²) in [5.74, 6) is 1.12. The van der Waals surface area contributed by atoms with Crippen molar-refractivity contribution in [1.82, 2.24) is 9.97 Å². The molecule has 0 aromatic carbocycles. The Balaban J connectivity index is 2.07. The molecule has 0 radical (unpaired) electrons. The molecule has 1 aromatic rings. The molecule has 1 rings (SSSR count). The number of nitrogens with zero attached hydrogens (tertiary/aromatic N) is 2. The molecule has 2 nitrogen and oxygen atoms in total. The van der Waals surface area contributed by atoms with Crippen LogP contribution in [0.15, 0.2) is 23.6 Å². The molecule has 0 amide bonds. The Bertz CT molecular complexity index is 218. The van der Waals surface area contributed by atoms with E-state index in [1.54, 1.807) is 24.2 Å². The molecule has 0 aliphatic rings. The van der Waals surface area contributed by atoms with E-state index in [4.69, 9.17) is 0 Å². The average Bonchev–Trinajstić information content (AvgIpc) is 2.19. The summed E-state index contributed by atoms with van der Waals surface area (Å²) in [7, 11) is 0. The van der Waals surface area contributed by atoms with Gasteiger partial charge in [0, 0.05) is 23.5 Å². The lowest BCUT2D eigenvalue weighted by molar-refractivity contribution is 0.787. The largest absolute Gasteiger partial charge is 0.231 e. The van der Waals surface area contributed by atoms with E-state index in [-0.39, 0.29) is 0 Å². The van der Waals surface area contributed by atoms with E-state index < -0.39 is 0 Å². The highest BCUT2D eigenvalue weighted by atomic mass is 79.9. The van der Waals surface area contributed by atoms with Crippen LogP contribution in [0.2, 0.25) is 0 Å². The smallest absolute Gasteiger partial charge is 0.187 e. The van der Waals surface area contributed by atoms with E-state index in [1.807, 2.05) is 6.07 Å². The minimum atomic E-state index is 0.890. The molecule has 0 N–H and O–H groups in total. The zero-order valence-corrected chi connectivity index (χ0v) is 9.85. The summed E-state index contributed by atoms with van der Waals surface area (Å²) >= 11 is 5.15. The van der Waals surface area contributed by atoms with Gasteiger partial charge >= 0.3 is 0 Å². The number of thioether (sulfide) groups is 1. The van der Waals surface area contributed by atoms with Crippen molar-refractivity contribution in [2.75, 3.05) is 11.1 Å². The van der Waals surface area contributed by atoms with E-state index in [2.05, 4.69) is 25.9 Å². The molecule has 4 heteroatoms. The van der Waals surface area contributed by atoms with Crippen LogP contribution in [-0.4, -0.2) is 21.1 Å². The highest BCUT2D eigenvalue weighted by Gasteiger charge is 1.94. The number of alkyl halides is 1. The van der Waals surface area contributed by atoms with Crippen molar-refractivity contribution in [3.63, 3.8) is 0 Å². The van der Waals surface area contributed by atoms with Crippen molar-refractivity contribution >= 4 is 27.7 Å². The SMILES string of the molecule is BrCCCCCSc1ncccn1. The van der Waals surface area contributed by atoms with Crippen LogP contribution < -0.4 is 0 Å². The molecule has 72 valence electrons. The summed E-state index contributed by atoms with van der Waals surface area (Å²) in [6.07, 6.45) is 7.36. The molecule has 0 spiro atoms. The first-order chi connectivity index (χ1) is 6.43. The van der Waals surface area contributed by atoms with Gasteiger partial charge < -0.3 is 0 Å². The molecule has 13 heavy (non-hydrogen) atoms. The number of hydrogen-bond donors (Lipinski definition) is 0. The van der Waals surface area contributed by atoms with Crippen molar-refractivity contribution in [3.05, 3.63) is 18.5 Å². The molecule has 0 aliphatic heterocycles. The van der Waals surface area contributed by atoms with Crippen molar-refractivity contribution < 1.29 is 0 Å². The molecule has 1 aromatic heterocycles. The van der Waals surface area contributed by atoms with Gasteiger partial charge in [-0.2, -0.15) is 0 Å². The molecule has 0 bridgehead atoms. The zero-order valence-electron chi connectivity index (χ0n) is 7.45. The van der Waals surface area contributed by atoms with Gasteiger partial charge in [-0.3, -0.25) is 0 Å². The van der Waals surface area contributed by atoms with Gasteiger partial charge in [0.25, 0.3) is 0 Å². The molecule has 1 heterocycles. The van der Waals surface area contributed by atoms with Crippen LogP contribution in [0.5, 0.6) is 0 Å².